The van der Waals surface area contributed by atoms with E-state index in [9.17, 15) is 5.11 Å². The minimum atomic E-state index is 0.393. The second kappa shape index (κ2) is 5.73. The van der Waals surface area contributed by atoms with Crippen LogP contribution in [0.15, 0.2) is 15.3 Å². The van der Waals surface area contributed by atoms with Crippen molar-refractivity contribution in [3.05, 3.63) is 11.6 Å². The molecule has 0 spiro atoms. The molecule has 1 aliphatic rings. The number of hydrogen-bond donors (Lipinski definition) is 1. The van der Waals surface area contributed by atoms with Crippen LogP contribution in [0.5, 0.6) is 5.06 Å². The fourth-order valence-corrected chi connectivity index (χ4v) is 3.40. The van der Waals surface area contributed by atoms with E-state index >= 15 is 0 Å². The Morgan fingerprint density at radius 1 is 1.44 bits per heavy atom. The Morgan fingerprint density at radius 2 is 2.19 bits per heavy atom. The van der Waals surface area contributed by atoms with Gasteiger partial charge >= 0.3 is 0 Å². The zero-order valence-electron chi connectivity index (χ0n) is 9.48. The average Bonchev–Trinajstić information content (AvgIpc) is 2.69. The highest BCUT2D eigenvalue weighted by atomic mass is 32.2. The molecule has 1 fully saturated rings. The molecule has 0 radical (unpaired) electrons. The van der Waals surface area contributed by atoms with Gasteiger partial charge in [0.15, 0.2) is 5.06 Å². The van der Waals surface area contributed by atoms with E-state index in [0.717, 1.165) is 9.77 Å². The smallest absolute Gasteiger partial charge is 0.181 e. The van der Waals surface area contributed by atoms with Gasteiger partial charge in [0.05, 0.1) is 4.21 Å². The lowest BCUT2D eigenvalue weighted by molar-refractivity contribution is 0.444. The Morgan fingerprint density at radius 3 is 2.81 bits per heavy atom. The summed E-state index contributed by atoms with van der Waals surface area (Å²) < 4.78 is 1.14. The summed E-state index contributed by atoms with van der Waals surface area (Å²) in [6, 6.07) is 2.49. The molecular weight excluding hydrogens is 238 g/mol. The van der Waals surface area contributed by atoms with E-state index in [2.05, 4.69) is 4.99 Å². The molecule has 4 heteroatoms. The molecule has 2 nitrogen and oxygen atoms in total. The number of thiophene rings is 1. The van der Waals surface area contributed by atoms with Crippen molar-refractivity contribution in [3.63, 3.8) is 0 Å². The third kappa shape index (κ3) is 3.01. The first-order chi connectivity index (χ1) is 7.79. The standard InChI is InChI=1S/C12H17NOS2/c1-15-11-7-9(12(14)16-11)8-13-10-5-3-2-4-6-10/h7-8,10,14H,2-6H2,1H3. The first kappa shape index (κ1) is 12.0. The van der Waals surface area contributed by atoms with Crippen molar-refractivity contribution in [2.45, 2.75) is 42.4 Å². The summed E-state index contributed by atoms with van der Waals surface area (Å²) in [6.07, 6.45) is 10.2. The lowest BCUT2D eigenvalue weighted by Gasteiger charge is -2.16. The van der Waals surface area contributed by atoms with E-state index in [0.29, 0.717) is 11.1 Å². The quantitative estimate of drug-likeness (QED) is 0.655. The molecule has 1 N–H and O–H groups in total. The Hall–Kier alpha value is -0.480. The molecule has 1 heterocycles. The van der Waals surface area contributed by atoms with Crippen molar-refractivity contribution in [2.75, 3.05) is 6.26 Å². The van der Waals surface area contributed by atoms with Gasteiger partial charge in [-0.2, -0.15) is 0 Å². The monoisotopic (exact) mass is 255 g/mol. The first-order valence-electron chi connectivity index (χ1n) is 5.69. The van der Waals surface area contributed by atoms with Gasteiger partial charge in [-0.05, 0) is 25.2 Å². The van der Waals surface area contributed by atoms with Gasteiger partial charge in [0.25, 0.3) is 0 Å². The van der Waals surface area contributed by atoms with E-state index in [1.165, 1.54) is 43.4 Å². The van der Waals surface area contributed by atoms with Crippen LogP contribution in [-0.2, 0) is 0 Å². The van der Waals surface area contributed by atoms with Crippen molar-refractivity contribution < 1.29 is 5.11 Å². The van der Waals surface area contributed by atoms with E-state index in [4.69, 9.17) is 0 Å². The Labute approximate surface area is 105 Å². The predicted molar refractivity (Wildman–Crippen MR) is 72.2 cm³/mol. The van der Waals surface area contributed by atoms with Gasteiger partial charge in [-0.25, -0.2) is 0 Å². The highest BCUT2D eigenvalue weighted by molar-refractivity contribution is 8.00. The minimum Gasteiger partial charge on any atom is -0.499 e. The van der Waals surface area contributed by atoms with Crippen LogP contribution in [0.1, 0.15) is 37.7 Å². The van der Waals surface area contributed by atoms with Gasteiger partial charge in [-0.1, -0.05) is 30.6 Å². The number of hydrogen-bond acceptors (Lipinski definition) is 4. The van der Waals surface area contributed by atoms with E-state index in [1.54, 1.807) is 11.8 Å². The van der Waals surface area contributed by atoms with Crippen LogP contribution in [0.3, 0.4) is 0 Å². The summed E-state index contributed by atoms with van der Waals surface area (Å²) in [7, 11) is 0. The van der Waals surface area contributed by atoms with Crippen LogP contribution in [0.2, 0.25) is 0 Å². The van der Waals surface area contributed by atoms with Gasteiger partial charge in [0.1, 0.15) is 0 Å². The van der Waals surface area contributed by atoms with E-state index in [-0.39, 0.29) is 0 Å². The van der Waals surface area contributed by atoms with Gasteiger partial charge in [0, 0.05) is 17.8 Å². The van der Waals surface area contributed by atoms with Crippen LogP contribution < -0.4 is 0 Å². The second-order valence-corrected chi connectivity index (χ2v) is 6.24. The van der Waals surface area contributed by atoms with Crippen LogP contribution in [0, 0.1) is 0 Å². The SMILES string of the molecule is CSc1cc(C=NC2CCCCC2)c(O)s1. The molecule has 0 aromatic carbocycles. The van der Waals surface area contributed by atoms with E-state index in [1.807, 2.05) is 18.5 Å². The molecule has 0 amide bonds. The van der Waals surface area contributed by atoms with E-state index < -0.39 is 0 Å². The number of thioether (sulfide) groups is 1. The summed E-state index contributed by atoms with van der Waals surface area (Å²) in [5, 5.41) is 10.1. The average molecular weight is 255 g/mol. The molecule has 2 rings (SSSR count). The summed E-state index contributed by atoms with van der Waals surface area (Å²) in [5.74, 6) is 0. The third-order valence-electron chi connectivity index (χ3n) is 2.92. The fraction of sp³-hybridized carbons (Fsp3) is 0.583. The van der Waals surface area contributed by atoms with Crippen molar-refractivity contribution >= 4 is 29.3 Å². The fourth-order valence-electron chi connectivity index (χ4n) is 1.98. The van der Waals surface area contributed by atoms with Crippen molar-refractivity contribution in [2.24, 2.45) is 4.99 Å². The normalized spacial score (nSPS) is 18.3. The van der Waals surface area contributed by atoms with Crippen LogP contribution >= 0.6 is 23.1 Å². The lowest BCUT2D eigenvalue weighted by atomic mass is 9.96. The predicted octanol–water partition coefficient (Wildman–Crippen LogP) is 3.93. The maximum Gasteiger partial charge on any atom is 0.181 e. The van der Waals surface area contributed by atoms with Crippen molar-refractivity contribution in [3.8, 4) is 5.06 Å². The zero-order valence-corrected chi connectivity index (χ0v) is 11.1. The van der Waals surface area contributed by atoms with Crippen LogP contribution in [0.4, 0.5) is 0 Å². The maximum absolute atomic E-state index is 9.71. The maximum atomic E-state index is 9.71. The number of aliphatic imine (C=N–C) groups is 1. The van der Waals surface area contributed by atoms with Gasteiger partial charge < -0.3 is 5.11 Å². The molecule has 0 aliphatic heterocycles. The Balaban J connectivity index is 2.01. The molecular formula is C12H17NOS2. The molecule has 1 aliphatic carbocycles. The van der Waals surface area contributed by atoms with Crippen molar-refractivity contribution in [1.82, 2.24) is 0 Å². The molecule has 16 heavy (non-hydrogen) atoms. The zero-order chi connectivity index (χ0) is 11.4. The highest BCUT2D eigenvalue weighted by Gasteiger charge is 2.11. The van der Waals surface area contributed by atoms with Crippen molar-refractivity contribution in [1.29, 1.82) is 0 Å². The molecule has 88 valence electrons. The second-order valence-electron chi connectivity index (χ2n) is 4.10. The van der Waals surface area contributed by atoms with Gasteiger partial charge in [-0.3, -0.25) is 4.99 Å². The minimum absolute atomic E-state index is 0.393. The van der Waals surface area contributed by atoms with Gasteiger partial charge in [0.2, 0.25) is 0 Å². The molecule has 1 aromatic heterocycles. The highest BCUT2D eigenvalue weighted by Crippen LogP contribution is 2.33. The summed E-state index contributed by atoms with van der Waals surface area (Å²) in [6.45, 7) is 0. The topological polar surface area (TPSA) is 32.6 Å². The van der Waals surface area contributed by atoms with Crippen LogP contribution in [-0.4, -0.2) is 23.6 Å². The van der Waals surface area contributed by atoms with Crippen LogP contribution in [0.25, 0.3) is 0 Å². The lowest BCUT2D eigenvalue weighted by Crippen LogP contribution is -2.09. The first-order valence-corrected chi connectivity index (χ1v) is 7.73. The number of rotatable bonds is 3. The largest absolute Gasteiger partial charge is 0.499 e. The molecule has 0 bridgehead atoms. The summed E-state index contributed by atoms with van der Waals surface area (Å²) >= 11 is 3.09. The number of nitrogens with zero attached hydrogens (tertiary/aromatic N) is 1. The van der Waals surface area contributed by atoms with Gasteiger partial charge in [-0.15, -0.1) is 11.8 Å². The molecule has 0 atom stereocenters. The molecule has 1 saturated carbocycles. The number of aromatic hydroxyl groups is 1. The summed E-state index contributed by atoms with van der Waals surface area (Å²) in [4.78, 5) is 4.57. The Bertz CT molecular complexity index is 367. The Kier molecular flexibility index (Phi) is 4.29. The summed E-state index contributed by atoms with van der Waals surface area (Å²) in [5.41, 5.74) is 0.875. The molecule has 1 aromatic rings. The molecule has 0 saturated heterocycles. The molecule has 0 unspecified atom stereocenters. The third-order valence-corrected chi connectivity index (χ3v) is 4.94.